The minimum absolute atomic E-state index is 0.240. The largest absolute Gasteiger partial charge is 0.328 e. The summed E-state index contributed by atoms with van der Waals surface area (Å²) in [4.78, 5) is 14.2. The van der Waals surface area contributed by atoms with Gasteiger partial charge in [0.1, 0.15) is 0 Å². The van der Waals surface area contributed by atoms with Crippen molar-refractivity contribution < 1.29 is 4.79 Å². The van der Waals surface area contributed by atoms with Gasteiger partial charge in [0.2, 0.25) is 0 Å². The Morgan fingerprint density at radius 3 is 2.74 bits per heavy atom. The van der Waals surface area contributed by atoms with Crippen LogP contribution in [0.2, 0.25) is 0 Å². The number of carbonyl (C=O) groups excluding carboxylic acids is 1. The lowest BCUT2D eigenvalue weighted by atomic mass is 10.1. The Hall–Kier alpha value is -1.20. The zero-order valence-electron chi connectivity index (χ0n) is 11.9. The summed E-state index contributed by atoms with van der Waals surface area (Å²) in [5, 5.41) is 4.41. The van der Waals surface area contributed by atoms with Crippen LogP contribution in [0.1, 0.15) is 38.4 Å². The average molecular weight is 264 g/mol. The summed E-state index contributed by atoms with van der Waals surface area (Å²) < 4.78 is 1.89. The molecule has 0 atom stereocenters. The summed E-state index contributed by atoms with van der Waals surface area (Å²) in [5.41, 5.74) is 6.73. The lowest BCUT2D eigenvalue weighted by Gasteiger charge is -2.29. The summed E-state index contributed by atoms with van der Waals surface area (Å²) in [6.45, 7) is 6.56. The number of carbonyl (C=O) groups is 1. The molecule has 106 valence electrons. The Bertz CT molecular complexity index is 419. The molecule has 0 radical (unpaired) electrons. The highest BCUT2D eigenvalue weighted by molar-refractivity contribution is 5.82. The zero-order valence-corrected chi connectivity index (χ0v) is 11.9. The Morgan fingerprint density at radius 1 is 1.47 bits per heavy atom. The smallest absolute Gasteiger partial charge is 0.152 e. The number of ketones is 1. The molecule has 19 heavy (non-hydrogen) atoms. The minimum atomic E-state index is 0.240. The van der Waals surface area contributed by atoms with Gasteiger partial charge >= 0.3 is 0 Å². The van der Waals surface area contributed by atoms with Crippen LogP contribution in [-0.4, -0.2) is 46.1 Å². The van der Waals surface area contributed by atoms with E-state index >= 15 is 0 Å². The van der Waals surface area contributed by atoms with Crippen molar-refractivity contribution in [3.05, 3.63) is 18.0 Å². The molecule has 0 aliphatic carbocycles. The monoisotopic (exact) mass is 264 g/mol. The maximum absolute atomic E-state index is 12.0. The normalized spacial score (nSPS) is 18.1. The SMILES string of the molecule is CC(C)n1ccc(CC(=O)CN2CCC(N)CC2)n1. The van der Waals surface area contributed by atoms with E-state index in [9.17, 15) is 4.79 Å². The second kappa shape index (κ2) is 6.30. The highest BCUT2D eigenvalue weighted by Crippen LogP contribution is 2.09. The summed E-state index contributed by atoms with van der Waals surface area (Å²) in [6, 6.07) is 2.59. The Morgan fingerprint density at radius 2 is 2.16 bits per heavy atom. The molecular weight excluding hydrogens is 240 g/mol. The summed E-state index contributed by atoms with van der Waals surface area (Å²) in [5.74, 6) is 0.240. The highest BCUT2D eigenvalue weighted by Gasteiger charge is 2.18. The molecule has 1 aromatic heterocycles. The lowest BCUT2D eigenvalue weighted by Crippen LogP contribution is -2.42. The molecule has 5 nitrogen and oxygen atoms in total. The summed E-state index contributed by atoms with van der Waals surface area (Å²) in [7, 11) is 0. The van der Waals surface area contributed by atoms with Crippen LogP contribution < -0.4 is 5.73 Å². The van der Waals surface area contributed by atoms with Crippen LogP contribution in [0.25, 0.3) is 0 Å². The standard InChI is InChI=1S/C14H24N4O/c1-11(2)18-8-5-13(16-18)9-14(19)10-17-6-3-12(15)4-7-17/h5,8,11-12H,3-4,6-7,9-10,15H2,1-2H3. The molecule has 0 unspecified atom stereocenters. The van der Waals surface area contributed by atoms with Crippen molar-refractivity contribution in [1.82, 2.24) is 14.7 Å². The van der Waals surface area contributed by atoms with E-state index in [0.717, 1.165) is 31.6 Å². The lowest BCUT2D eigenvalue weighted by molar-refractivity contribution is -0.119. The van der Waals surface area contributed by atoms with Gasteiger partial charge in [0.25, 0.3) is 0 Å². The van der Waals surface area contributed by atoms with Gasteiger partial charge in [-0.2, -0.15) is 5.10 Å². The fraction of sp³-hybridized carbons (Fsp3) is 0.714. The van der Waals surface area contributed by atoms with Crippen LogP contribution in [0, 0.1) is 0 Å². The van der Waals surface area contributed by atoms with Crippen molar-refractivity contribution in [1.29, 1.82) is 0 Å². The topological polar surface area (TPSA) is 64.2 Å². The minimum Gasteiger partial charge on any atom is -0.328 e. The van der Waals surface area contributed by atoms with Crippen LogP contribution in [0.15, 0.2) is 12.3 Å². The van der Waals surface area contributed by atoms with Crippen LogP contribution >= 0.6 is 0 Å². The van der Waals surface area contributed by atoms with Crippen LogP contribution in [-0.2, 0) is 11.2 Å². The molecule has 0 aromatic carbocycles. The quantitative estimate of drug-likeness (QED) is 0.861. The van der Waals surface area contributed by atoms with E-state index in [1.54, 1.807) is 0 Å². The van der Waals surface area contributed by atoms with Gasteiger partial charge < -0.3 is 5.73 Å². The first-order valence-corrected chi connectivity index (χ1v) is 7.08. The van der Waals surface area contributed by atoms with E-state index < -0.39 is 0 Å². The maximum atomic E-state index is 12.0. The van der Waals surface area contributed by atoms with Gasteiger partial charge in [0, 0.05) is 31.4 Å². The Labute approximate surface area is 114 Å². The molecule has 0 amide bonds. The van der Waals surface area contributed by atoms with Crippen LogP contribution in [0.3, 0.4) is 0 Å². The van der Waals surface area contributed by atoms with Crippen molar-refractivity contribution in [2.75, 3.05) is 19.6 Å². The van der Waals surface area contributed by atoms with Gasteiger partial charge in [0.15, 0.2) is 5.78 Å². The predicted molar refractivity (Wildman–Crippen MR) is 75.0 cm³/mol. The second-order valence-corrected chi connectivity index (χ2v) is 5.71. The number of Topliss-reactive ketones (excluding diaryl/α,β-unsaturated/α-hetero) is 1. The van der Waals surface area contributed by atoms with Gasteiger partial charge in [-0.25, -0.2) is 0 Å². The molecule has 1 aromatic rings. The van der Waals surface area contributed by atoms with E-state index in [1.807, 2.05) is 16.9 Å². The third kappa shape index (κ3) is 4.14. The number of rotatable bonds is 5. The first-order chi connectivity index (χ1) is 9.04. The van der Waals surface area contributed by atoms with E-state index in [0.29, 0.717) is 25.0 Å². The molecule has 1 saturated heterocycles. The van der Waals surface area contributed by atoms with Crippen LogP contribution in [0.4, 0.5) is 0 Å². The molecular formula is C14H24N4O. The van der Waals surface area contributed by atoms with Crippen LogP contribution in [0.5, 0.6) is 0 Å². The van der Waals surface area contributed by atoms with Crippen molar-refractivity contribution >= 4 is 5.78 Å². The summed E-state index contributed by atoms with van der Waals surface area (Å²) >= 11 is 0. The van der Waals surface area contributed by atoms with E-state index in [1.165, 1.54) is 0 Å². The number of nitrogens with zero attached hydrogens (tertiary/aromatic N) is 3. The van der Waals surface area contributed by atoms with Crippen molar-refractivity contribution in [3.63, 3.8) is 0 Å². The van der Waals surface area contributed by atoms with Gasteiger partial charge in [-0.3, -0.25) is 14.4 Å². The third-order valence-electron chi connectivity index (χ3n) is 3.60. The highest BCUT2D eigenvalue weighted by atomic mass is 16.1. The molecule has 1 aliphatic rings. The molecule has 0 saturated carbocycles. The number of hydrogen-bond acceptors (Lipinski definition) is 4. The average Bonchev–Trinajstić information content (AvgIpc) is 2.80. The number of aromatic nitrogens is 2. The van der Waals surface area contributed by atoms with Gasteiger partial charge in [-0.05, 0) is 32.8 Å². The first-order valence-electron chi connectivity index (χ1n) is 7.08. The van der Waals surface area contributed by atoms with Gasteiger partial charge in [-0.15, -0.1) is 0 Å². The Balaban J connectivity index is 1.80. The molecule has 0 spiro atoms. The number of likely N-dealkylation sites (tertiary alicyclic amines) is 1. The van der Waals surface area contributed by atoms with Crippen molar-refractivity contribution in [2.45, 2.75) is 45.2 Å². The maximum Gasteiger partial charge on any atom is 0.152 e. The van der Waals surface area contributed by atoms with E-state index in [4.69, 9.17) is 5.73 Å². The predicted octanol–water partition coefficient (Wildman–Crippen LogP) is 0.999. The molecule has 1 fully saturated rings. The fourth-order valence-corrected chi connectivity index (χ4v) is 2.38. The second-order valence-electron chi connectivity index (χ2n) is 5.71. The molecule has 5 heteroatoms. The molecule has 1 aliphatic heterocycles. The summed E-state index contributed by atoms with van der Waals surface area (Å²) in [6.07, 6.45) is 4.36. The van der Waals surface area contributed by atoms with E-state index in [2.05, 4.69) is 23.8 Å². The third-order valence-corrected chi connectivity index (χ3v) is 3.60. The molecule has 2 rings (SSSR count). The first kappa shape index (κ1) is 14.2. The van der Waals surface area contributed by atoms with Gasteiger partial charge in [-0.1, -0.05) is 0 Å². The number of hydrogen-bond donors (Lipinski definition) is 1. The van der Waals surface area contributed by atoms with E-state index in [-0.39, 0.29) is 5.78 Å². The van der Waals surface area contributed by atoms with Crippen molar-refractivity contribution in [2.24, 2.45) is 5.73 Å². The van der Waals surface area contributed by atoms with Gasteiger partial charge in [0.05, 0.1) is 18.7 Å². The Kier molecular flexibility index (Phi) is 4.71. The molecule has 0 bridgehead atoms. The number of piperidine rings is 1. The molecule has 2 heterocycles. The number of nitrogens with two attached hydrogens (primary N) is 1. The molecule has 2 N–H and O–H groups in total. The fourth-order valence-electron chi connectivity index (χ4n) is 2.38. The zero-order chi connectivity index (χ0) is 13.8. The van der Waals surface area contributed by atoms with Crippen molar-refractivity contribution in [3.8, 4) is 0 Å².